The molecule has 0 aromatic heterocycles. The van der Waals surface area contributed by atoms with Gasteiger partial charge in [0.1, 0.15) is 5.75 Å². The van der Waals surface area contributed by atoms with E-state index in [0.29, 0.717) is 6.54 Å². The smallest absolute Gasteiger partial charge is 0.180 e. The SMILES string of the molecule is NC(=S)N(N)Cc1cccc(O)c1. The van der Waals surface area contributed by atoms with Gasteiger partial charge in [-0.1, -0.05) is 12.1 Å². The van der Waals surface area contributed by atoms with Crippen LogP contribution in [0.2, 0.25) is 0 Å². The van der Waals surface area contributed by atoms with E-state index in [1.165, 1.54) is 5.01 Å². The van der Waals surface area contributed by atoms with Gasteiger partial charge in [-0.25, -0.2) is 5.84 Å². The van der Waals surface area contributed by atoms with E-state index in [9.17, 15) is 0 Å². The molecule has 0 heterocycles. The van der Waals surface area contributed by atoms with Crippen LogP contribution in [0.25, 0.3) is 0 Å². The Bertz CT molecular complexity index is 316. The normalized spacial score (nSPS) is 9.62. The summed E-state index contributed by atoms with van der Waals surface area (Å²) in [4.78, 5) is 0. The van der Waals surface area contributed by atoms with Crippen molar-refractivity contribution in [1.29, 1.82) is 0 Å². The van der Waals surface area contributed by atoms with Crippen molar-refractivity contribution in [2.45, 2.75) is 6.54 Å². The second kappa shape index (κ2) is 4.06. The van der Waals surface area contributed by atoms with Gasteiger partial charge >= 0.3 is 0 Å². The van der Waals surface area contributed by atoms with Crippen LogP contribution in [0.4, 0.5) is 0 Å². The van der Waals surface area contributed by atoms with E-state index >= 15 is 0 Å². The number of hydrogen-bond donors (Lipinski definition) is 3. The first-order valence-corrected chi connectivity index (χ1v) is 4.10. The zero-order chi connectivity index (χ0) is 9.84. The van der Waals surface area contributed by atoms with Gasteiger partial charge in [-0.15, -0.1) is 0 Å². The predicted octanol–water partition coefficient (Wildman–Crippen LogP) is 0.311. The molecule has 5 heteroatoms. The van der Waals surface area contributed by atoms with Gasteiger partial charge < -0.3 is 10.8 Å². The van der Waals surface area contributed by atoms with Crippen molar-refractivity contribution in [2.24, 2.45) is 11.6 Å². The minimum absolute atomic E-state index is 0.128. The quantitative estimate of drug-likeness (QED) is 0.361. The first-order chi connectivity index (χ1) is 6.09. The van der Waals surface area contributed by atoms with E-state index < -0.39 is 0 Å². The Hall–Kier alpha value is -1.33. The lowest BCUT2D eigenvalue weighted by molar-refractivity contribution is 0.433. The Morgan fingerprint density at radius 2 is 2.23 bits per heavy atom. The Morgan fingerprint density at radius 3 is 2.77 bits per heavy atom. The Kier molecular flexibility index (Phi) is 3.05. The van der Waals surface area contributed by atoms with Crippen LogP contribution in [-0.4, -0.2) is 15.2 Å². The van der Waals surface area contributed by atoms with E-state index in [-0.39, 0.29) is 10.9 Å². The van der Waals surface area contributed by atoms with Crippen LogP contribution >= 0.6 is 12.2 Å². The molecular weight excluding hydrogens is 186 g/mol. The summed E-state index contributed by atoms with van der Waals surface area (Å²) >= 11 is 4.67. The standard InChI is InChI=1S/C8H11N3OS/c9-8(13)11(10)5-6-2-1-3-7(12)4-6/h1-4,12H,5,10H2,(H2,9,13). The number of benzene rings is 1. The monoisotopic (exact) mass is 197 g/mol. The van der Waals surface area contributed by atoms with Crippen LogP contribution in [0.5, 0.6) is 5.75 Å². The summed E-state index contributed by atoms with van der Waals surface area (Å²) in [7, 11) is 0. The molecule has 0 fully saturated rings. The van der Waals surface area contributed by atoms with Crippen LogP contribution in [0.3, 0.4) is 0 Å². The van der Waals surface area contributed by atoms with Gasteiger partial charge in [-0.2, -0.15) is 0 Å². The van der Waals surface area contributed by atoms with Gasteiger partial charge in [0.2, 0.25) is 0 Å². The second-order valence-electron chi connectivity index (χ2n) is 2.64. The van der Waals surface area contributed by atoms with Crippen LogP contribution in [0, 0.1) is 0 Å². The van der Waals surface area contributed by atoms with Crippen molar-refractivity contribution in [2.75, 3.05) is 0 Å². The lowest BCUT2D eigenvalue weighted by Crippen LogP contribution is -2.40. The number of phenols is 1. The van der Waals surface area contributed by atoms with Crippen LogP contribution in [-0.2, 0) is 6.54 Å². The lowest BCUT2D eigenvalue weighted by atomic mass is 10.2. The molecule has 13 heavy (non-hydrogen) atoms. The number of nitrogens with two attached hydrogens (primary N) is 2. The molecule has 0 unspecified atom stereocenters. The predicted molar refractivity (Wildman–Crippen MR) is 54.6 cm³/mol. The fourth-order valence-electron chi connectivity index (χ4n) is 0.929. The van der Waals surface area contributed by atoms with E-state index in [1.807, 2.05) is 6.07 Å². The first-order valence-electron chi connectivity index (χ1n) is 3.69. The molecular formula is C8H11N3OS. The van der Waals surface area contributed by atoms with Crippen molar-refractivity contribution in [3.8, 4) is 5.75 Å². The zero-order valence-corrected chi connectivity index (χ0v) is 7.79. The average molecular weight is 197 g/mol. The molecule has 1 rings (SSSR count). The van der Waals surface area contributed by atoms with Crippen LogP contribution < -0.4 is 11.6 Å². The van der Waals surface area contributed by atoms with Gasteiger partial charge in [0.15, 0.2) is 5.11 Å². The third-order valence-corrected chi connectivity index (χ3v) is 1.78. The highest BCUT2D eigenvalue weighted by molar-refractivity contribution is 7.80. The van der Waals surface area contributed by atoms with Crippen LogP contribution in [0.15, 0.2) is 24.3 Å². The topological polar surface area (TPSA) is 75.5 Å². The minimum atomic E-state index is 0.128. The van der Waals surface area contributed by atoms with Crippen molar-refractivity contribution in [1.82, 2.24) is 5.01 Å². The van der Waals surface area contributed by atoms with Crippen molar-refractivity contribution >= 4 is 17.3 Å². The highest BCUT2D eigenvalue weighted by atomic mass is 32.1. The van der Waals surface area contributed by atoms with Crippen molar-refractivity contribution in [3.05, 3.63) is 29.8 Å². The highest BCUT2D eigenvalue weighted by Crippen LogP contribution is 2.11. The van der Waals surface area contributed by atoms with Gasteiger partial charge in [-0.05, 0) is 29.9 Å². The van der Waals surface area contributed by atoms with Crippen LogP contribution in [0.1, 0.15) is 5.56 Å². The molecule has 4 nitrogen and oxygen atoms in total. The fraction of sp³-hybridized carbons (Fsp3) is 0.125. The molecule has 0 spiro atoms. The van der Waals surface area contributed by atoms with E-state index in [1.54, 1.807) is 18.2 Å². The molecule has 0 bridgehead atoms. The van der Waals surface area contributed by atoms with Gasteiger partial charge in [0, 0.05) is 0 Å². The Labute approximate surface area is 81.7 Å². The second-order valence-corrected chi connectivity index (χ2v) is 3.05. The Balaban J connectivity index is 2.69. The molecule has 1 aromatic carbocycles. The maximum absolute atomic E-state index is 9.14. The lowest BCUT2D eigenvalue weighted by Gasteiger charge is -2.15. The van der Waals surface area contributed by atoms with E-state index in [4.69, 9.17) is 16.7 Å². The number of phenolic OH excluding ortho intramolecular Hbond substituents is 1. The van der Waals surface area contributed by atoms with Gasteiger partial charge in [0.05, 0.1) is 6.54 Å². The van der Waals surface area contributed by atoms with Crippen molar-refractivity contribution < 1.29 is 5.11 Å². The van der Waals surface area contributed by atoms with E-state index in [0.717, 1.165) is 5.56 Å². The molecule has 0 aliphatic rings. The van der Waals surface area contributed by atoms with E-state index in [2.05, 4.69) is 12.2 Å². The third-order valence-electron chi connectivity index (χ3n) is 1.55. The molecule has 70 valence electrons. The number of hydrazine groups is 1. The van der Waals surface area contributed by atoms with Gasteiger partial charge in [0.25, 0.3) is 0 Å². The molecule has 0 amide bonds. The highest BCUT2D eigenvalue weighted by Gasteiger charge is 2.01. The number of aromatic hydroxyl groups is 1. The number of nitrogens with zero attached hydrogens (tertiary/aromatic N) is 1. The molecule has 0 radical (unpaired) electrons. The van der Waals surface area contributed by atoms with Gasteiger partial charge in [-0.3, -0.25) is 5.01 Å². The molecule has 0 saturated heterocycles. The maximum atomic E-state index is 9.14. The average Bonchev–Trinajstić information content (AvgIpc) is 2.04. The Morgan fingerprint density at radius 1 is 1.54 bits per heavy atom. The summed E-state index contributed by atoms with van der Waals surface area (Å²) in [6.07, 6.45) is 0. The van der Waals surface area contributed by atoms with Crippen molar-refractivity contribution in [3.63, 3.8) is 0 Å². The number of hydrogen-bond acceptors (Lipinski definition) is 3. The number of thiocarbonyl (C=S) groups is 1. The molecule has 0 atom stereocenters. The molecule has 5 N–H and O–H groups in total. The summed E-state index contributed by atoms with van der Waals surface area (Å²) < 4.78 is 0. The molecule has 0 aliphatic heterocycles. The molecule has 0 aliphatic carbocycles. The summed E-state index contributed by atoms with van der Waals surface area (Å²) in [5.74, 6) is 5.69. The minimum Gasteiger partial charge on any atom is -0.508 e. The molecule has 0 saturated carbocycles. The fourth-order valence-corrected chi connectivity index (χ4v) is 0.994. The summed E-state index contributed by atoms with van der Waals surface area (Å²) in [5.41, 5.74) is 6.15. The summed E-state index contributed by atoms with van der Waals surface area (Å²) in [5, 5.41) is 10.5. The largest absolute Gasteiger partial charge is 0.508 e. The first kappa shape index (κ1) is 9.76. The summed E-state index contributed by atoms with van der Waals surface area (Å²) in [6, 6.07) is 6.76. The third kappa shape index (κ3) is 2.89. The zero-order valence-electron chi connectivity index (χ0n) is 6.97. The maximum Gasteiger partial charge on any atom is 0.180 e. The number of rotatable bonds is 2. The summed E-state index contributed by atoms with van der Waals surface area (Å²) in [6.45, 7) is 0.393. The molecule has 1 aromatic rings.